The van der Waals surface area contributed by atoms with Crippen LogP contribution in [-0.4, -0.2) is 5.97 Å². The van der Waals surface area contributed by atoms with Crippen LogP contribution in [0.25, 0.3) is 0 Å². The number of hydrogen-bond acceptors (Lipinski definition) is 2. The molecule has 0 radical (unpaired) electrons. The molecule has 2 nitrogen and oxygen atoms in total. The molecule has 0 saturated carbocycles. The summed E-state index contributed by atoms with van der Waals surface area (Å²) >= 11 is 0. The molecule has 0 N–H and O–H groups in total. The molecule has 0 unspecified atom stereocenters. The summed E-state index contributed by atoms with van der Waals surface area (Å²) < 4.78 is 0. The topological polar surface area (TPSA) is 40.1 Å². The van der Waals surface area contributed by atoms with Crippen molar-refractivity contribution >= 4 is 5.97 Å². The SMILES string of the molecule is CC(=O)[O-].[Zn+2].[Zn+2]. The fraction of sp³-hybridized carbons (Fsp3) is 0.500. The van der Waals surface area contributed by atoms with Crippen LogP contribution in [0, 0.1) is 0 Å². The van der Waals surface area contributed by atoms with Crippen molar-refractivity contribution in [1.82, 2.24) is 0 Å². The van der Waals surface area contributed by atoms with Crippen molar-refractivity contribution < 1.29 is 48.9 Å². The van der Waals surface area contributed by atoms with E-state index in [2.05, 4.69) is 0 Å². The van der Waals surface area contributed by atoms with E-state index >= 15 is 0 Å². The largest absolute Gasteiger partial charge is 2.00 e. The van der Waals surface area contributed by atoms with Gasteiger partial charge in [0.25, 0.3) is 0 Å². The Morgan fingerprint density at radius 1 is 1.50 bits per heavy atom. The van der Waals surface area contributed by atoms with Gasteiger partial charge < -0.3 is 9.90 Å². The molecular weight excluding hydrogens is 187 g/mol. The Kier molecular flexibility index (Phi) is 24.4. The average molecular weight is 190 g/mol. The zero-order valence-electron chi connectivity index (χ0n) is 3.73. The summed E-state index contributed by atoms with van der Waals surface area (Å²) in [7, 11) is 0. The predicted molar refractivity (Wildman–Crippen MR) is 10.7 cm³/mol. The normalized spacial score (nSPS) is 4.17. The van der Waals surface area contributed by atoms with E-state index in [0.29, 0.717) is 0 Å². The Bertz CT molecular complexity index is 32.5. The molecule has 0 aliphatic rings. The smallest absolute Gasteiger partial charge is 0.550 e. The molecule has 0 aromatic heterocycles. The summed E-state index contributed by atoms with van der Waals surface area (Å²) in [5.41, 5.74) is 0. The maximum absolute atomic E-state index is 8.89. The van der Waals surface area contributed by atoms with Gasteiger partial charge in [0.1, 0.15) is 0 Å². The fourth-order valence-corrected chi connectivity index (χ4v) is 0. The van der Waals surface area contributed by atoms with E-state index in [9.17, 15) is 0 Å². The molecule has 0 heterocycles. The Balaban J connectivity index is -0.0000000450. The number of rotatable bonds is 0. The van der Waals surface area contributed by atoms with Crippen molar-refractivity contribution in [2.75, 3.05) is 0 Å². The number of hydrogen-bond donors (Lipinski definition) is 0. The van der Waals surface area contributed by atoms with Crippen molar-refractivity contribution in [3.8, 4) is 0 Å². The van der Waals surface area contributed by atoms with Gasteiger partial charge in [0, 0.05) is 5.97 Å². The zero-order valence-corrected chi connectivity index (χ0v) is 9.66. The van der Waals surface area contributed by atoms with Crippen LogP contribution in [0.2, 0.25) is 0 Å². The molecule has 24 valence electrons. The van der Waals surface area contributed by atoms with Gasteiger partial charge >= 0.3 is 39.0 Å². The first-order valence-corrected chi connectivity index (χ1v) is 0.908. The third-order valence-electron chi connectivity index (χ3n) is 0. The van der Waals surface area contributed by atoms with Crippen LogP contribution in [0.3, 0.4) is 0 Å². The van der Waals surface area contributed by atoms with E-state index in [1.54, 1.807) is 0 Å². The number of aliphatic carboxylic acids is 1. The zero-order chi connectivity index (χ0) is 3.58. The molecule has 0 saturated heterocycles. The Morgan fingerprint density at radius 2 is 1.50 bits per heavy atom. The van der Waals surface area contributed by atoms with E-state index in [1.807, 2.05) is 0 Å². The van der Waals surface area contributed by atoms with Gasteiger partial charge in [0.2, 0.25) is 0 Å². The Hall–Kier alpha value is 0.717. The van der Waals surface area contributed by atoms with Gasteiger partial charge in [-0.05, 0) is 6.92 Å². The van der Waals surface area contributed by atoms with Crippen LogP contribution < -0.4 is 5.11 Å². The van der Waals surface area contributed by atoms with Gasteiger partial charge in [-0.2, -0.15) is 0 Å². The molecule has 0 bridgehead atoms. The second-order valence-corrected chi connectivity index (χ2v) is 0.492. The number of carboxylic acid groups (broad SMARTS) is 1. The van der Waals surface area contributed by atoms with Crippen LogP contribution in [-0.2, 0) is 43.8 Å². The second kappa shape index (κ2) is 9.21. The molecule has 0 atom stereocenters. The summed E-state index contributed by atoms with van der Waals surface area (Å²) in [6.45, 7) is 0.972. The molecule has 0 amide bonds. The second-order valence-electron chi connectivity index (χ2n) is 0.492. The van der Waals surface area contributed by atoms with E-state index in [-0.39, 0.29) is 39.0 Å². The van der Waals surface area contributed by atoms with E-state index in [4.69, 9.17) is 9.90 Å². The van der Waals surface area contributed by atoms with E-state index in [1.165, 1.54) is 0 Å². The minimum Gasteiger partial charge on any atom is -0.550 e. The number of carbonyl (C=O) groups excluding carboxylic acids is 1. The van der Waals surface area contributed by atoms with Crippen molar-refractivity contribution in [3.63, 3.8) is 0 Å². The predicted octanol–water partition coefficient (Wildman–Crippen LogP) is -1.25. The molecule has 0 spiro atoms. The fourth-order valence-electron chi connectivity index (χ4n) is 0. The van der Waals surface area contributed by atoms with E-state index < -0.39 is 5.97 Å². The standard InChI is InChI=1S/C2H4O2.2Zn/c1-2(3)4;;/h1H3,(H,3,4);;/q;2*+2/p-1. The summed E-state index contributed by atoms with van der Waals surface area (Å²) in [6, 6.07) is 0. The van der Waals surface area contributed by atoms with Gasteiger partial charge in [-0.15, -0.1) is 0 Å². The Labute approximate surface area is 61.8 Å². The molecule has 0 rings (SSSR count). The molecule has 6 heavy (non-hydrogen) atoms. The summed E-state index contributed by atoms with van der Waals surface area (Å²) in [5, 5.41) is 8.89. The van der Waals surface area contributed by atoms with Crippen molar-refractivity contribution in [2.45, 2.75) is 6.92 Å². The van der Waals surface area contributed by atoms with Gasteiger partial charge in [-0.1, -0.05) is 0 Å². The molecule has 0 aliphatic carbocycles. The van der Waals surface area contributed by atoms with Gasteiger partial charge in [0.15, 0.2) is 0 Å². The first kappa shape index (κ1) is 15.9. The average Bonchev–Trinajstić information content (AvgIpc) is 0.811. The molecule has 0 aromatic carbocycles. The minimum atomic E-state index is -1.08. The number of carbonyl (C=O) groups is 1. The van der Waals surface area contributed by atoms with Gasteiger partial charge in [0.05, 0.1) is 0 Å². The van der Waals surface area contributed by atoms with Crippen LogP contribution >= 0.6 is 0 Å². The van der Waals surface area contributed by atoms with Crippen molar-refractivity contribution in [2.24, 2.45) is 0 Å². The third-order valence-corrected chi connectivity index (χ3v) is 0. The molecule has 0 aromatic rings. The van der Waals surface area contributed by atoms with Crippen LogP contribution in [0.5, 0.6) is 0 Å². The number of carboxylic acids is 1. The maximum Gasteiger partial charge on any atom is 2.00 e. The van der Waals surface area contributed by atoms with Crippen molar-refractivity contribution in [3.05, 3.63) is 0 Å². The molecule has 0 aliphatic heterocycles. The van der Waals surface area contributed by atoms with Crippen LogP contribution in [0.15, 0.2) is 0 Å². The van der Waals surface area contributed by atoms with Gasteiger partial charge in [-0.3, -0.25) is 0 Å². The molecule has 0 fully saturated rings. The quantitative estimate of drug-likeness (QED) is 0.447. The first-order chi connectivity index (χ1) is 1.73. The van der Waals surface area contributed by atoms with Crippen LogP contribution in [0.1, 0.15) is 6.92 Å². The Morgan fingerprint density at radius 3 is 1.50 bits per heavy atom. The van der Waals surface area contributed by atoms with Crippen molar-refractivity contribution in [1.29, 1.82) is 0 Å². The summed E-state index contributed by atoms with van der Waals surface area (Å²) in [5.74, 6) is -1.08. The minimum absolute atomic E-state index is 0. The van der Waals surface area contributed by atoms with E-state index in [0.717, 1.165) is 6.92 Å². The third kappa shape index (κ3) is 127. The summed E-state index contributed by atoms with van der Waals surface area (Å²) in [4.78, 5) is 8.89. The molecule has 4 heteroatoms. The molecular formula is C2H3O2Zn2+3. The van der Waals surface area contributed by atoms with Gasteiger partial charge in [-0.25, -0.2) is 0 Å². The maximum atomic E-state index is 8.89. The first-order valence-electron chi connectivity index (χ1n) is 0.908. The monoisotopic (exact) mass is 187 g/mol. The van der Waals surface area contributed by atoms with Crippen LogP contribution in [0.4, 0.5) is 0 Å². The summed E-state index contributed by atoms with van der Waals surface area (Å²) in [6.07, 6.45) is 0.